The van der Waals surface area contributed by atoms with Crippen molar-refractivity contribution in [1.82, 2.24) is 9.99 Å². The molecule has 6 nitrogen and oxygen atoms in total. The summed E-state index contributed by atoms with van der Waals surface area (Å²) < 4.78 is 2.29. The molecular formula is C24H22N4O2. The first kappa shape index (κ1) is 19.4. The molecule has 150 valence electrons. The number of anilines is 1. The Bertz CT molecular complexity index is 1270. The van der Waals surface area contributed by atoms with Gasteiger partial charge in [-0.3, -0.25) is 9.59 Å². The van der Waals surface area contributed by atoms with Crippen molar-refractivity contribution in [3.63, 3.8) is 0 Å². The quantitative estimate of drug-likeness (QED) is 0.383. The van der Waals surface area contributed by atoms with Crippen LogP contribution >= 0.6 is 0 Å². The number of fused-ring (bicyclic) bond motifs is 3. The fourth-order valence-corrected chi connectivity index (χ4v) is 3.63. The number of para-hydroxylation sites is 1. The van der Waals surface area contributed by atoms with Crippen LogP contribution in [0.5, 0.6) is 0 Å². The van der Waals surface area contributed by atoms with Crippen molar-refractivity contribution in [2.75, 3.05) is 5.32 Å². The molecule has 1 heterocycles. The molecule has 1 aromatic heterocycles. The van der Waals surface area contributed by atoms with E-state index < -0.39 is 0 Å². The monoisotopic (exact) mass is 398 g/mol. The van der Waals surface area contributed by atoms with Crippen LogP contribution in [-0.4, -0.2) is 22.6 Å². The molecule has 0 atom stereocenters. The Morgan fingerprint density at radius 3 is 2.43 bits per heavy atom. The van der Waals surface area contributed by atoms with Crippen LogP contribution in [0.25, 0.3) is 21.8 Å². The van der Waals surface area contributed by atoms with Gasteiger partial charge in [-0.05, 0) is 55.0 Å². The first-order chi connectivity index (χ1) is 14.6. The van der Waals surface area contributed by atoms with E-state index >= 15 is 0 Å². The lowest BCUT2D eigenvalue weighted by atomic mass is 10.1. The smallest absolute Gasteiger partial charge is 0.271 e. The summed E-state index contributed by atoms with van der Waals surface area (Å²) in [5.41, 5.74) is 6.94. The van der Waals surface area contributed by atoms with Crippen molar-refractivity contribution >= 4 is 45.5 Å². The predicted octanol–water partition coefficient (Wildman–Crippen LogP) is 4.54. The number of carbonyl (C=O) groups is 2. The van der Waals surface area contributed by atoms with E-state index in [1.54, 1.807) is 30.5 Å². The number of hydrazone groups is 1. The van der Waals surface area contributed by atoms with Gasteiger partial charge in [0.05, 0.1) is 6.21 Å². The van der Waals surface area contributed by atoms with E-state index in [9.17, 15) is 9.59 Å². The molecule has 3 aromatic carbocycles. The number of hydrogen-bond donors (Lipinski definition) is 2. The summed E-state index contributed by atoms with van der Waals surface area (Å²) in [6.07, 6.45) is 1.64. The van der Waals surface area contributed by atoms with Gasteiger partial charge in [0.2, 0.25) is 5.91 Å². The summed E-state index contributed by atoms with van der Waals surface area (Å²) in [5, 5.41) is 9.13. The van der Waals surface area contributed by atoms with Crippen molar-refractivity contribution in [3.8, 4) is 0 Å². The van der Waals surface area contributed by atoms with Crippen LogP contribution in [0.1, 0.15) is 29.8 Å². The van der Waals surface area contributed by atoms with Gasteiger partial charge in [-0.1, -0.05) is 24.3 Å². The molecule has 0 aliphatic carbocycles. The molecule has 30 heavy (non-hydrogen) atoms. The molecule has 4 aromatic rings. The van der Waals surface area contributed by atoms with E-state index in [0.29, 0.717) is 11.3 Å². The van der Waals surface area contributed by atoms with Gasteiger partial charge in [0, 0.05) is 46.5 Å². The van der Waals surface area contributed by atoms with Gasteiger partial charge in [-0.25, -0.2) is 5.43 Å². The van der Waals surface area contributed by atoms with Crippen LogP contribution in [-0.2, 0) is 11.3 Å². The van der Waals surface area contributed by atoms with Gasteiger partial charge in [0.25, 0.3) is 5.91 Å². The van der Waals surface area contributed by atoms with Crippen LogP contribution in [0.4, 0.5) is 5.69 Å². The highest BCUT2D eigenvalue weighted by atomic mass is 16.2. The van der Waals surface area contributed by atoms with Crippen molar-refractivity contribution in [3.05, 3.63) is 77.9 Å². The summed E-state index contributed by atoms with van der Waals surface area (Å²) >= 11 is 0. The van der Waals surface area contributed by atoms with Crippen molar-refractivity contribution in [2.24, 2.45) is 5.10 Å². The third kappa shape index (κ3) is 3.80. The minimum atomic E-state index is -0.315. The normalized spacial score (nSPS) is 11.3. The molecule has 4 rings (SSSR count). The third-order valence-corrected chi connectivity index (χ3v) is 4.96. The first-order valence-electron chi connectivity index (χ1n) is 9.79. The van der Waals surface area contributed by atoms with Crippen LogP contribution in [0, 0.1) is 0 Å². The standard InChI is InChI=1S/C24H22N4O2/c1-3-28-22-7-5-4-6-20(22)21-14-17(8-13-23(21)28)15-25-27-24(30)18-9-11-19(12-10-18)26-16(2)29/h4-15H,3H2,1-2H3,(H,26,29)(H,27,30). The topological polar surface area (TPSA) is 75.5 Å². The fourth-order valence-electron chi connectivity index (χ4n) is 3.63. The molecule has 6 heteroatoms. The molecule has 0 saturated heterocycles. The van der Waals surface area contributed by atoms with E-state index in [4.69, 9.17) is 0 Å². The highest BCUT2D eigenvalue weighted by molar-refractivity contribution is 6.09. The first-order valence-corrected chi connectivity index (χ1v) is 9.79. The Morgan fingerprint density at radius 2 is 1.70 bits per heavy atom. The Morgan fingerprint density at radius 1 is 0.967 bits per heavy atom. The Hall–Kier alpha value is -3.93. The van der Waals surface area contributed by atoms with E-state index in [1.165, 1.54) is 23.3 Å². The number of aryl methyl sites for hydroxylation is 1. The van der Waals surface area contributed by atoms with Gasteiger partial charge in [0.1, 0.15) is 0 Å². The average molecular weight is 398 g/mol. The van der Waals surface area contributed by atoms with Crippen LogP contribution in [0.15, 0.2) is 71.8 Å². The Labute approximate surface area is 174 Å². The summed E-state index contributed by atoms with van der Waals surface area (Å²) in [4.78, 5) is 23.4. The summed E-state index contributed by atoms with van der Waals surface area (Å²) in [5.74, 6) is -0.472. The number of nitrogens with zero attached hydrogens (tertiary/aromatic N) is 2. The SMILES string of the molecule is CCn1c2ccccc2c2cc(C=NNC(=O)c3ccc(NC(C)=O)cc3)ccc21. The molecule has 0 aliphatic rings. The summed E-state index contributed by atoms with van der Waals surface area (Å²) in [6, 6.07) is 21.1. The van der Waals surface area contributed by atoms with Gasteiger partial charge < -0.3 is 9.88 Å². The molecule has 0 aliphatic heterocycles. The summed E-state index contributed by atoms with van der Waals surface area (Å²) in [6.45, 7) is 4.47. The second-order valence-corrected chi connectivity index (χ2v) is 7.00. The van der Waals surface area contributed by atoms with Crippen LogP contribution in [0.2, 0.25) is 0 Å². The highest BCUT2D eigenvalue weighted by Gasteiger charge is 2.09. The van der Waals surface area contributed by atoms with Crippen molar-refractivity contribution in [1.29, 1.82) is 0 Å². The molecule has 0 radical (unpaired) electrons. The van der Waals surface area contributed by atoms with Gasteiger partial charge >= 0.3 is 0 Å². The number of benzene rings is 3. The van der Waals surface area contributed by atoms with E-state index in [0.717, 1.165) is 17.5 Å². The Balaban J connectivity index is 1.52. The minimum Gasteiger partial charge on any atom is -0.341 e. The summed E-state index contributed by atoms with van der Waals surface area (Å²) in [7, 11) is 0. The lowest BCUT2D eigenvalue weighted by molar-refractivity contribution is -0.114. The number of carbonyl (C=O) groups excluding carboxylic acids is 2. The van der Waals surface area contributed by atoms with E-state index in [-0.39, 0.29) is 11.8 Å². The lowest BCUT2D eigenvalue weighted by Crippen LogP contribution is -2.17. The number of rotatable bonds is 5. The van der Waals surface area contributed by atoms with Crippen molar-refractivity contribution < 1.29 is 9.59 Å². The van der Waals surface area contributed by atoms with E-state index in [2.05, 4.69) is 51.6 Å². The van der Waals surface area contributed by atoms with Crippen LogP contribution in [0.3, 0.4) is 0 Å². The second-order valence-electron chi connectivity index (χ2n) is 7.00. The number of hydrogen-bond acceptors (Lipinski definition) is 3. The van der Waals surface area contributed by atoms with Crippen molar-refractivity contribution in [2.45, 2.75) is 20.4 Å². The molecular weight excluding hydrogens is 376 g/mol. The zero-order valence-corrected chi connectivity index (χ0v) is 16.8. The lowest BCUT2D eigenvalue weighted by Gasteiger charge is -2.04. The largest absolute Gasteiger partial charge is 0.341 e. The molecule has 0 fully saturated rings. The fraction of sp³-hybridized carbons (Fsp3) is 0.125. The predicted molar refractivity (Wildman–Crippen MR) is 121 cm³/mol. The Kier molecular flexibility index (Phi) is 5.30. The van der Waals surface area contributed by atoms with E-state index in [1.807, 2.05) is 18.2 Å². The highest BCUT2D eigenvalue weighted by Crippen LogP contribution is 2.29. The molecule has 0 bridgehead atoms. The maximum Gasteiger partial charge on any atom is 0.271 e. The zero-order chi connectivity index (χ0) is 21.1. The molecule has 0 unspecified atom stereocenters. The maximum absolute atomic E-state index is 12.3. The molecule has 2 N–H and O–H groups in total. The maximum atomic E-state index is 12.3. The number of aromatic nitrogens is 1. The van der Waals surface area contributed by atoms with Gasteiger partial charge in [0.15, 0.2) is 0 Å². The third-order valence-electron chi connectivity index (χ3n) is 4.96. The number of nitrogens with one attached hydrogen (secondary N) is 2. The van der Waals surface area contributed by atoms with Crippen LogP contribution < -0.4 is 10.7 Å². The van der Waals surface area contributed by atoms with Gasteiger partial charge in [-0.15, -0.1) is 0 Å². The second kappa shape index (κ2) is 8.21. The van der Waals surface area contributed by atoms with Gasteiger partial charge in [-0.2, -0.15) is 5.10 Å². The zero-order valence-electron chi connectivity index (χ0n) is 16.8. The molecule has 0 saturated carbocycles. The molecule has 2 amide bonds. The minimum absolute atomic E-state index is 0.157. The molecule has 0 spiro atoms. The number of amides is 2. The average Bonchev–Trinajstić information content (AvgIpc) is 3.07.